The molecule has 0 radical (unpaired) electrons. The molecule has 0 aliphatic carbocycles. The molecule has 0 amide bonds. The summed E-state index contributed by atoms with van der Waals surface area (Å²) < 4.78 is 45.6. The molecule has 0 saturated carbocycles. The van der Waals surface area contributed by atoms with Crippen LogP contribution in [0.3, 0.4) is 0 Å². The van der Waals surface area contributed by atoms with Gasteiger partial charge in [-0.2, -0.15) is 0 Å². The highest BCUT2D eigenvalue weighted by molar-refractivity contribution is 7.85. The second-order valence-corrected chi connectivity index (χ2v) is 6.34. The molecule has 0 bridgehead atoms. The Hall–Kier alpha value is -2.61. The van der Waals surface area contributed by atoms with Gasteiger partial charge in [0.05, 0.1) is 42.7 Å². The molecule has 2 aromatic carbocycles. The first kappa shape index (κ1) is 19.7. The van der Waals surface area contributed by atoms with Crippen LogP contribution in [0.4, 0.5) is 0 Å². The number of rotatable bonds is 8. The van der Waals surface area contributed by atoms with E-state index in [0.717, 1.165) is 0 Å². The average molecular weight is 382 g/mol. The van der Waals surface area contributed by atoms with E-state index >= 15 is 0 Å². The molecule has 0 heterocycles. The van der Waals surface area contributed by atoms with Crippen LogP contribution in [0.2, 0.25) is 0 Å². The maximum absolute atomic E-state index is 13.5. The fraction of sp³-hybridized carbons (Fsp3) is 0.333. The molecule has 0 spiro atoms. The molecule has 0 N–H and O–H groups in total. The van der Waals surface area contributed by atoms with Gasteiger partial charge in [0.1, 0.15) is 55.1 Å². The Bertz CT molecular complexity index is 689. The van der Waals surface area contributed by atoms with Gasteiger partial charge < -0.3 is 28.4 Å². The Labute approximate surface area is 155 Å². The Morgan fingerprint density at radius 1 is 0.538 bits per heavy atom. The van der Waals surface area contributed by atoms with Crippen molar-refractivity contribution in [2.45, 2.75) is 9.79 Å². The summed E-state index contributed by atoms with van der Waals surface area (Å²) in [5.41, 5.74) is 0. The van der Waals surface area contributed by atoms with Gasteiger partial charge in [-0.15, -0.1) is 0 Å². The third-order valence-electron chi connectivity index (χ3n) is 3.71. The third-order valence-corrected chi connectivity index (χ3v) is 5.26. The van der Waals surface area contributed by atoms with Crippen LogP contribution < -0.4 is 28.4 Å². The largest absolute Gasteiger partial charge is 0.496 e. The van der Waals surface area contributed by atoms with Gasteiger partial charge in [-0.05, 0) is 0 Å². The number of ether oxygens (including phenoxy) is 6. The monoisotopic (exact) mass is 382 g/mol. The van der Waals surface area contributed by atoms with E-state index in [0.29, 0.717) is 44.3 Å². The van der Waals surface area contributed by atoms with E-state index in [2.05, 4.69) is 0 Å². The van der Waals surface area contributed by atoms with Gasteiger partial charge in [0.25, 0.3) is 0 Å². The highest BCUT2D eigenvalue weighted by atomic mass is 32.2. The molecule has 0 unspecified atom stereocenters. The van der Waals surface area contributed by atoms with Gasteiger partial charge in [-0.3, -0.25) is 0 Å². The second-order valence-electron chi connectivity index (χ2n) is 4.99. The molecule has 7 nitrogen and oxygen atoms in total. The van der Waals surface area contributed by atoms with Crippen LogP contribution in [0, 0.1) is 0 Å². The summed E-state index contributed by atoms with van der Waals surface area (Å²) in [6.07, 6.45) is 0. The van der Waals surface area contributed by atoms with Crippen molar-refractivity contribution in [3.05, 3.63) is 24.3 Å². The lowest BCUT2D eigenvalue weighted by molar-refractivity contribution is 0.356. The maximum atomic E-state index is 13.5. The van der Waals surface area contributed by atoms with Gasteiger partial charge in [-0.25, -0.2) is 4.21 Å². The summed E-state index contributed by atoms with van der Waals surface area (Å²) in [5.74, 6) is 2.49. The van der Waals surface area contributed by atoms with Crippen molar-refractivity contribution in [3.8, 4) is 34.5 Å². The zero-order valence-corrected chi connectivity index (χ0v) is 16.4. The number of hydrogen-bond acceptors (Lipinski definition) is 7. The SMILES string of the molecule is COc1cc(OC)c(S(=O)c2c(OC)cc(OC)cc2OC)c(OC)c1. The Balaban J connectivity index is 2.73. The van der Waals surface area contributed by atoms with Crippen LogP contribution in [0.1, 0.15) is 0 Å². The summed E-state index contributed by atoms with van der Waals surface area (Å²) in [4.78, 5) is 0.690. The van der Waals surface area contributed by atoms with E-state index in [1.54, 1.807) is 24.3 Å². The molecular weight excluding hydrogens is 360 g/mol. The molecule has 0 atom stereocenters. The summed E-state index contributed by atoms with van der Waals surface area (Å²) in [7, 11) is 7.27. The molecule has 8 heteroatoms. The quantitative estimate of drug-likeness (QED) is 0.695. The Kier molecular flexibility index (Phi) is 6.57. The fourth-order valence-electron chi connectivity index (χ4n) is 2.41. The van der Waals surface area contributed by atoms with Crippen LogP contribution >= 0.6 is 0 Å². The molecule has 0 aliphatic heterocycles. The molecule has 0 saturated heterocycles. The van der Waals surface area contributed by atoms with Gasteiger partial charge in [-0.1, -0.05) is 0 Å². The minimum Gasteiger partial charge on any atom is -0.496 e. The van der Waals surface area contributed by atoms with E-state index in [1.807, 2.05) is 0 Å². The lowest BCUT2D eigenvalue weighted by Gasteiger charge is -2.18. The third kappa shape index (κ3) is 3.65. The van der Waals surface area contributed by atoms with Crippen LogP contribution in [-0.4, -0.2) is 46.9 Å². The van der Waals surface area contributed by atoms with E-state index in [9.17, 15) is 4.21 Å². The topological polar surface area (TPSA) is 72.5 Å². The zero-order chi connectivity index (χ0) is 19.3. The average Bonchev–Trinajstić information content (AvgIpc) is 2.70. The van der Waals surface area contributed by atoms with Crippen LogP contribution in [0.5, 0.6) is 34.5 Å². The summed E-state index contributed by atoms with van der Waals surface area (Å²) in [6, 6.07) is 6.55. The Morgan fingerprint density at radius 2 is 0.808 bits per heavy atom. The first-order chi connectivity index (χ1) is 12.5. The maximum Gasteiger partial charge on any atom is 0.142 e. The molecule has 0 fully saturated rings. The van der Waals surface area contributed by atoms with Crippen molar-refractivity contribution in [2.75, 3.05) is 42.7 Å². The zero-order valence-electron chi connectivity index (χ0n) is 15.6. The summed E-state index contributed by atoms with van der Waals surface area (Å²) >= 11 is 0. The molecule has 2 rings (SSSR count). The van der Waals surface area contributed by atoms with Gasteiger partial charge in [0.2, 0.25) is 0 Å². The van der Waals surface area contributed by atoms with Crippen molar-refractivity contribution < 1.29 is 32.6 Å². The van der Waals surface area contributed by atoms with Crippen molar-refractivity contribution in [1.29, 1.82) is 0 Å². The smallest absolute Gasteiger partial charge is 0.142 e. The molecule has 2 aromatic rings. The summed E-state index contributed by atoms with van der Waals surface area (Å²) in [5, 5.41) is 0. The Morgan fingerprint density at radius 3 is 1.00 bits per heavy atom. The highest BCUT2D eigenvalue weighted by Gasteiger charge is 2.27. The number of methoxy groups -OCH3 is 6. The normalized spacial score (nSPS) is 10.4. The predicted octanol–water partition coefficient (Wildman–Crippen LogP) is 2.90. The minimum absolute atomic E-state index is 0.345. The van der Waals surface area contributed by atoms with Crippen molar-refractivity contribution in [3.63, 3.8) is 0 Å². The fourth-order valence-corrected chi connectivity index (χ4v) is 3.92. The number of hydrogen-bond donors (Lipinski definition) is 0. The number of benzene rings is 2. The van der Waals surface area contributed by atoms with E-state index in [1.165, 1.54) is 42.7 Å². The molecular formula is C18H22O7S. The van der Waals surface area contributed by atoms with Gasteiger partial charge in [0.15, 0.2) is 0 Å². The van der Waals surface area contributed by atoms with Crippen molar-refractivity contribution in [2.24, 2.45) is 0 Å². The molecule has 26 heavy (non-hydrogen) atoms. The minimum atomic E-state index is -1.72. The second kappa shape index (κ2) is 8.66. The van der Waals surface area contributed by atoms with Gasteiger partial charge in [0, 0.05) is 24.3 Å². The van der Waals surface area contributed by atoms with Crippen LogP contribution in [0.25, 0.3) is 0 Å². The van der Waals surface area contributed by atoms with Gasteiger partial charge >= 0.3 is 0 Å². The van der Waals surface area contributed by atoms with E-state index in [-0.39, 0.29) is 0 Å². The van der Waals surface area contributed by atoms with Crippen LogP contribution in [-0.2, 0) is 10.8 Å². The first-order valence-electron chi connectivity index (χ1n) is 7.56. The molecule has 0 aromatic heterocycles. The highest BCUT2D eigenvalue weighted by Crippen LogP contribution is 2.44. The van der Waals surface area contributed by atoms with Crippen molar-refractivity contribution >= 4 is 10.8 Å². The first-order valence-corrected chi connectivity index (χ1v) is 8.71. The van der Waals surface area contributed by atoms with Crippen molar-refractivity contribution in [1.82, 2.24) is 0 Å². The lowest BCUT2D eigenvalue weighted by Crippen LogP contribution is -2.05. The summed E-state index contributed by atoms with van der Waals surface area (Å²) in [6.45, 7) is 0. The molecule has 142 valence electrons. The predicted molar refractivity (Wildman–Crippen MR) is 96.9 cm³/mol. The molecule has 0 aliphatic rings. The van der Waals surface area contributed by atoms with E-state index in [4.69, 9.17) is 28.4 Å². The standard InChI is InChI=1S/C18H22O7S/c1-20-11-7-13(22-3)17(14(8-11)23-4)26(19)18-15(24-5)9-12(21-2)10-16(18)25-6/h7-10H,1-6H3. The van der Waals surface area contributed by atoms with E-state index < -0.39 is 10.8 Å². The lowest BCUT2D eigenvalue weighted by atomic mass is 10.3. The van der Waals surface area contributed by atoms with Crippen LogP contribution in [0.15, 0.2) is 34.1 Å².